The highest BCUT2D eigenvalue weighted by Crippen LogP contribution is 2.01. The molecular weight excluding hydrogens is 140 g/mol. The largest absolute Gasteiger partial charge is 0.396 e. The molecule has 3 heteroatoms. The van der Waals surface area contributed by atoms with E-state index in [1.807, 2.05) is 18.3 Å². The third-order valence-electron chi connectivity index (χ3n) is 1.69. The molecule has 3 N–H and O–H groups in total. The molecule has 0 aliphatic rings. The molecule has 0 saturated carbocycles. The van der Waals surface area contributed by atoms with Gasteiger partial charge < -0.3 is 15.4 Å². The van der Waals surface area contributed by atoms with E-state index in [9.17, 15) is 0 Å². The van der Waals surface area contributed by atoms with Gasteiger partial charge in [0.1, 0.15) is 0 Å². The van der Waals surface area contributed by atoms with Crippen molar-refractivity contribution in [3.63, 3.8) is 0 Å². The van der Waals surface area contributed by atoms with Crippen LogP contribution in [0.2, 0.25) is 0 Å². The minimum atomic E-state index is 0.238. The van der Waals surface area contributed by atoms with Crippen molar-refractivity contribution in [3.8, 4) is 0 Å². The van der Waals surface area contributed by atoms with Crippen LogP contribution < -0.4 is 5.73 Å². The molecule has 3 nitrogen and oxygen atoms in total. The lowest BCUT2D eigenvalue weighted by Crippen LogP contribution is -2.07. The maximum atomic E-state index is 8.58. The van der Waals surface area contributed by atoms with Gasteiger partial charge in [0.25, 0.3) is 0 Å². The molecule has 11 heavy (non-hydrogen) atoms. The minimum Gasteiger partial charge on any atom is -0.396 e. The second-order valence-electron chi connectivity index (χ2n) is 2.47. The van der Waals surface area contributed by atoms with Crippen LogP contribution in [0.5, 0.6) is 0 Å². The van der Waals surface area contributed by atoms with Gasteiger partial charge in [0, 0.05) is 31.6 Å². The average molecular weight is 154 g/mol. The number of rotatable bonds is 4. The zero-order chi connectivity index (χ0) is 8.10. The summed E-state index contributed by atoms with van der Waals surface area (Å²) < 4.78 is 2.07. The van der Waals surface area contributed by atoms with E-state index in [1.165, 1.54) is 0 Å². The van der Waals surface area contributed by atoms with Gasteiger partial charge in [-0.1, -0.05) is 0 Å². The predicted molar refractivity (Wildman–Crippen MR) is 44.0 cm³/mol. The summed E-state index contributed by atoms with van der Waals surface area (Å²) in [7, 11) is 0. The summed E-state index contributed by atoms with van der Waals surface area (Å²) in [5.74, 6) is 0. The summed E-state index contributed by atoms with van der Waals surface area (Å²) in [6.45, 7) is 1.66. The van der Waals surface area contributed by atoms with E-state index in [0.29, 0.717) is 6.54 Å². The molecule has 0 unspecified atom stereocenters. The number of aryl methyl sites for hydroxylation is 1. The van der Waals surface area contributed by atoms with E-state index >= 15 is 0 Å². The highest BCUT2D eigenvalue weighted by atomic mass is 16.3. The molecule has 0 atom stereocenters. The van der Waals surface area contributed by atoms with Gasteiger partial charge >= 0.3 is 0 Å². The Kier molecular flexibility index (Phi) is 3.14. The summed E-state index contributed by atoms with van der Waals surface area (Å²) >= 11 is 0. The number of aromatic nitrogens is 1. The summed E-state index contributed by atoms with van der Waals surface area (Å²) in [4.78, 5) is 0. The van der Waals surface area contributed by atoms with Crippen LogP contribution in [-0.2, 0) is 13.1 Å². The molecule has 1 aromatic heterocycles. The Labute approximate surface area is 66.4 Å². The van der Waals surface area contributed by atoms with Gasteiger partial charge in [0.2, 0.25) is 0 Å². The Morgan fingerprint density at radius 2 is 2.36 bits per heavy atom. The van der Waals surface area contributed by atoms with Crippen LogP contribution in [0.25, 0.3) is 0 Å². The first-order chi connectivity index (χ1) is 5.38. The zero-order valence-electron chi connectivity index (χ0n) is 6.53. The van der Waals surface area contributed by atoms with Gasteiger partial charge in [-0.3, -0.25) is 0 Å². The average Bonchev–Trinajstić information content (AvgIpc) is 2.47. The second kappa shape index (κ2) is 4.16. The fourth-order valence-electron chi connectivity index (χ4n) is 1.09. The number of aliphatic hydroxyl groups is 1. The molecule has 0 spiro atoms. The van der Waals surface area contributed by atoms with E-state index in [4.69, 9.17) is 10.8 Å². The van der Waals surface area contributed by atoms with Crippen molar-refractivity contribution in [3.05, 3.63) is 24.0 Å². The van der Waals surface area contributed by atoms with Crippen molar-refractivity contribution in [2.75, 3.05) is 6.61 Å². The molecule has 0 fully saturated rings. The molecule has 0 radical (unpaired) electrons. The van der Waals surface area contributed by atoms with E-state index < -0.39 is 0 Å². The summed E-state index contributed by atoms with van der Waals surface area (Å²) in [5, 5.41) is 8.58. The molecule has 0 aliphatic carbocycles. The molecule has 62 valence electrons. The van der Waals surface area contributed by atoms with Crippen LogP contribution in [0.1, 0.15) is 12.1 Å². The normalized spacial score (nSPS) is 10.4. The van der Waals surface area contributed by atoms with Gasteiger partial charge in [-0.05, 0) is 18.6 Å². The van der Waals surface area contributed by atoms with Gasteiger partial charge in [0.05, 0.1) is 0 Å². The first-order valence-electron chi connectivity index (χ1n) is 3.83. The fourth-order valence-corrected chi connectivity index (χ4v) is 1.09. The molecule has 0 bridgehead atoms. The first-order valence-corrected chi connectivity index (χ1v) is 3.83. The van der Waals surface area contributed by atoms with Gasteiger partial charge in [-0.2, -0.15) is 0 Å². The van der Waals surface area contributed by atoms with Crippen molar-refractivity contribution in [2.24, 2.45) is 5.73 Å². The van der Waals surface area contributed by atoms with Gasteiger partial charge in [0.15, 0.2) is 0 Å². The molecule has 1 heterocycles. The molecule has 0 aliphatic heterocycles. The summed E-state index contributed by atoms with van der Waals surface area (Å²) in [6.07, 6.45) is 2.78. The van der Waals surface area contributed by atoms with Crippen molar-refractivity contribution in [1.29, 1.82) is 0 Å². The topological polar surface area (TPSA) is 51.2 Å². The summed E-state index contributed by atoms with van der Waals surface area (Å²) in [5.41, 5.74) is 6.61. The standard InChI is InChI=1S/C8H14N2O/c9-7-8-3-1-4-10(8)5-2-6-11/h1,3-4,11H,2,5-7,9H2. The van der Waals surface area contributed by atoms with E-state index in [1.54, 1.807) is 0 Å². The van der Waals surface area contributed by atoms with Crippen molar-refractivity contribution < 1.29 is 5.11 Å². The number of nitrogens with zero attached hydrogens (tertiary/aromatic N) is 1. The van der Waals surface area contributed by atoms with E-state index in [0.717, 1.165) is 18.7 Å². The number of hydrogen-bond donors (Lipinski definition) is 2. The maximum absolute atomic E-state index is 8.58. The second-order valence-corrected chi connectivity index (χ2v) is 2.47. The lowest BCUT2D eigenvalue weighted by molar-refractivity contribution is 0.279. The highest BCUT2D eigenvalue weighted by Gasteiger charge is 1.96. The van der Waals surface area contributed by atoms with Gasteiger partial charge in [-0.15, -0.1) is 0 Å². The van der Waals surface area contributed by atoms with Crippen LogP contribution in [0, 0.1) is 0 Å². The molecule has 1 aromatic rings. The third-order valence-corrected chi connectivity index (χ3v) is 1.69. The lowest BCUT2D eigenvalue weighted by Gasteiger charge is -2.05. The van der Waals surface area contributed by atoms with Crippen LogP contribution in [0.15, 0.2) is 18.3 Å². The Morgan fingerprint density at radius 3 is 3.00 bits per heavy atom. The molecule has 1 rings (SSSR count). The van der Waals surface area contributed by atoms with Crippen molar-refractivity contribution in [2.45, 2.75) is 19.5 Å². The maximum Gasteiger partial charge on any atom is 0.0448 e. The van der Waals surface area contributed by atoms with Crippen LogP contribution in [0.3, 0.4) is 0 Å². The zero-order valence-corrected chi connectivity index (χ0v) is 6.53. The molecule has 0 amide bonds. The number of nitrogens with two attached hydrogens (primary N) is 1. The number of hydrogen-bond acceptors (Lipinski definition) is 2. The van der Waals surface area contributed by atoms with Crippen LogP contribution >= 0.6 is 0 Å². The SMILES string of the molecule is NCc1cccn1CCCO. The molecular formula is C8H14N2O. The van der Waals surface area contributed by atoms with E-state index in [-0.39, 0.29) is 6.61 Å². The fraction of sp³-hybridized carbons (Fsp3) is 0.500. The monoisotopic (exact) mass is 154 g/mol. The smallest absolute Gasteiger partial charge is 0.0448 e. The van der Waals surface area contributed by atoms with Gasteiger partial charge in [-0.25, -0.2) is 0 Å². The minimum absolute atomic E-state index is 0.238. The first kappa shape index (κ1) is 8.30. The molecule has 0 aromatic carbocycles. The predicted octanol–water partition coefficient (Wildman–Crippen LogP) is 0.329. The quantitative estimate of drug-likeness (QED) is 0.656. The Hall–Kier alpha value is -0.800. The van der Waals surface area contributed by atoms with Crippen LogP contribution in [-0.4, -0.2) is 16.3 Å². The summed E-state index contributed by atoms with van der Waals surface area (Å²) in [6, 6.07) is 3.97. The number of aliphatic hydroxyl groups excluding tert-OH is 1. The van der Waals surface area contributed by atoms with E-state index in [2.05, 4.69) is 4.57 Å². The molecule has 0 saturated heterocycles. The lowest BCUT2D eigenvalue weighted by atomic mass is 10.4. The van der Waals surface area contributed by atoms with Crippen LogP contribution in [0.4, 0.5) is 0 Å². The van der Waals surface area contributed by atoms with Crippen molar-refractivity contribution >= 4 is 0 Å². The van der Waals surface area contributed by atoms with Crippen molar-refractivity contribution in [1.82, 2.24) is 4.57 Å². The third kappa shape index (κ3) is 2.06. The Bertz CT molecular complexity index is 208. The highest BCUT2D eigenvalue weighted by molar-refractivity contribution is 5.06. The Morgan fingerprint density at radius 1 is 1.55 bits per heavy atom. The Balaban J connectivity index is 2.54.